The van der Waals surface area contributed by atoms with Crippen LogP contribution in [0.2, 0.25) is 5.02 Å². The summed E-state index contributed by atoms with van der Waals surface area (Å²) < 4.78 is 25.9. The number of benzene rings is 2. The van der Waals surface area contributed by atoms with Crippen molar-refractivity contribution in [3.63, 3.8) is 0 Å². The van der Waals surface area contributed by atoms with E-state index in [1.807, 2.05) is 0 Å². The molecule has 0 heterocycles. The number of hydrogen-bond acceptors (Lipinski definition) is 7. The lowest BCUT2D eigenvalue weighted by Gasteiger charge is -2.22. The van der Waals surface area contributed by atoms with Crippen LogP contribution in [0.1, 0.15) is 31.4 Å². The predicted octanol–water partition coefficient (Wildman–Crippen LogP) is 4.24. The van der Waals surface area contributed by atoms with Crippen LogP contribution in [0.25, 0.3) is 5.57 Å². The van der Waals surface area contributed by atoms with Gasteiger partial charge in [-0.25, -0.2) is 8.42 Å². The van der Waals surface area contributed by atoms with Crippen molar-refractivity contribution in [3.8, 4) is 0 Å². The van der Waals surface area contributed by atoms with Gasteiger partial charge in [-0.3, -0.25) is 4.79 Å². The van der Waals surface area contributed by atoms with Gasteiger partial charge in [0.2, 0.25) is 5.91 Å². The predicted molar refractivity (Wildman–Crippen MR) is 129 cm³/mol. The highest BCUT2D eigenvalue weighted by Crippen LogP contribution is 2.31. The molecule has 0 bridgehead atoms. The summed E-state index contributed by atoms with van der Waals surface area (Å²) >= 11 is 6.85. The maximum absolute atomic E-state index is 13.1. The van der Waals surface area contributed by atoms with Gasteiger partial charge in [0.1, 0.15) is 0 Å². The van der Waals surface area contributed by atoms with Crippen LogP contribution in [0, 0.1) is 4.91 Å². The van der Waals surface area contributed by atoms with E-state index >= 15 is 0 Å². The Bertz CT molecular complexity index is 1100. The van der Waals surface area contributed by atoms with Gasteiger partial charge in [0, 0.05) is 53.0 Å². The number of sulfone groups is 1. The Kier molecular flexibility index (Phi) is 9.03. The van der Waals surface area contributed by atoms with Crippen molar-refractivity contribution >= 4 is 44.9 Å². The number of nitrogens with zero attached hydrogens (tertiary/aromatic N) is 1. The fourth-order valence-electron chi connectivity index (χ4n) is 3.00. The van der Waals surface area contributed by atoms with Crippen molar-refractivity contribution in [1.29, 1.82) is 0 Å². The molecule has 0 atom stereocenters. The number of carbonyl (C=O) groups is 1. The lowest BCUT2D eigenvalue weighted by molar-refractivity contribution is -0.117. The first-order valence-corrected chi connectivity index (χ1v) is 12.7. The Morgan fingerprint density at radius 3 is 2.09 bits per heavy atom. The summed E-state index contributed by atoms with van der Waals surface area (Å²) in [5, 5.41) is 13.0. The minimum absolute atomic E-state index is 0.0666. The third-order valence-electron chi connectivity index (χ3n) is 4.60. The highest BCUT2D eigenvalue weighted by molar-refractivity contribution is 7.99. The van der Waals surface area contributed by atoms with E-state index in [4.69, 9.17) is 11.6 Å². The van der Waals surface area contributed by atoms with E-state index in [-0.39, 0.29) is 24.5 Å². The average Bonchev–Trinajstić information content (AvgIpc) is 2.73. The molecule has 10 heteroatoms. The number of hydrogen-bond donors (Lipinski definition) is 2. The van der Waals surface area contributed by atoms with Crippen molar-refractivity contribution in [2.24, 2.45) is 4.58 Å². The van der Waals surface area contributed by atoms with Crippen molar-refractivity contribution in [1.82, 2.24) is 5.32 Å². The van der Waals surface area contributed by atoms with Crippen LogP contribution in [-0.2, 0) is 14.6 Å². The molecular formula is C22H25ClN2O5S2. The molecule has 0 fully saturated rings. The largest absolute Gasteiger partial charge is 0.396 e. The standard InChI is InChI=1S/C22H25ClN2O5S2/c1-22(2,31-25-28)14-24-21(27)19(12-13-26)20(15-4-8-17(23)9-5-15)16-6-10-18(11-7-16)32(3,29)30/h4-11,26H,12-14H2,1-3H3,(H,24,27)/b20-19+. The molecule has 7 nitrogen and oxygen atoms in total. The molecule has 2 aromatic carbocycles. The number of carbonyl (C=O) groups excluding carboxylic acids is 1. The van der Waals surface area contributed by atoms with Crippen LogP contribution < -0.4 is 5.32 Å². The topological polar surface area (TPSA) is 113 Å². The van der Waals surface area contributed by atoms with Crippen molar-refractivity contribution < 1.29 is 18.3 Å². The summed E-state index contributed by atoms with van der Waals surface area (Å²) in [5.74, 6) is -0.407. The maximum atomic E-state index is 13.1. The van der Waals surface area contributed by atoms with Crippen molar-refractivity contribution in [3.05, 3.63) is 75.2 Å². The molecule has 0 unspecified atom stereocenters. The van der Waals surface area contributed by atoms with Crippen LogP contribution in [0.4, 0.5) is 0 Å². The Labute approximate surface area is 197 Å². The quantitative estimate of drug-likeness (QED) is 0.289. The molecule has 2 aromatic rings. The Morgan fingerprint density at radius 1 is 1.09 bits per heavy atom. The fraction of sp³-hybridized carbons (Fsp3) is 0.318. The highest BCUT2D eigenvalue weighted by Gasteiger charge is 2.24. The van der Waals surface area contributed by atoms with Crippen LogP contribution in [0.15, 0.2) is 63.6 Å². The van der Waals surface area contributed by atoms with Gasteiger partial charge in [0.05, 0.1) is 9.64 Å². The number of aliphatic hydroxyl groups excluding tert-OH is 1. The second kappa shape index (κ2) is 11.1. The molecular weight excluding hydrogens is 472 g/mol. The molecule has 0 aliphatic heterocycles. The smallest absolute Gasteiger partial charge is 0.247 e. The molecule has 0 aromatic heterocycles. The van der Waals surface area contributed by atoms with Gasteiger partial charge in [-0.2, -0.15) is 0 Å². The van der Waals surface area contributed by atoms with E-state index < -0.39 is 20.5 Å². The summed E-state index contributed by atoms with van der Waals surface area (Å²) in [6.07, 6.45) is 1.19. The average molecular weight is 497 g/mol. The summed E-state index contributed by atoms with van der Waals surface area (Å²) in [5.41, 5.74) is 2.17. The molecule has 0 saturated carbocycles. The first-order chi connectivity index (χ1) is 15.0. The van der Waals surface area contributed by atoms with E-state index in [0.717, 1.165) is 18.2 Å². The van der Waals surface area contributed by atoms with Gasteiger partial charge < -0.3 is 10.4 Å². The molecule has 32 heavy (non-hydrogen) atoms. The van der Waals surface area contributed by atoms with Gasteiger partial charge in [-0.1, -0.05) is 35.9 Å². The molecule has 0 aliphatic carbocycles. The monoisotopic (exact) mass is 496 g/mol. The van der Waals surface area contributed by atoms with Gasteiger partial charge in [-0.05, 0) is 54.8 Å². The van der Waals surface area contributed by atoms with Gasteiger partial charge in [0.15, 0.2) is 9.84 Å². The summed E-state index contributed by atoms with van der Waals surface area (Å²) in [6.45, 7) is 3.46. The highest BCUT2D eigenvalue weighted by atomic mass is 35.5. The summed E-state index contributed by atoms with van der Waals surface area (Å²) in [7, 11) is -3.38. The Balaban J connectivity index is 2.60. The minimum Gasteiger partial charge on any atom is -0.396 e. The van der Waals surface area contributed by atoms with Crippen LogP contribution >= 0.6 is 23.5 Å². The number of nitrogens with one attached hydrogen (secondary N) is 1. The molecule has 172 valence electrons. The van der Waals surface area contributed by atoms with Gasteiger partial charge in [0.25, 0.3) is 0 Å². The Morgan fingerprint density at radius 2 is 1.62 bits per heavy atom. The minimum atomic E-state index is -3.38. The molecule has 0 saturated heterocycles. The first kappa shape index (κ1) is 26.1. The normalized spacial score (nSPS) is 12.8. The van der Waals surface area contributed by atoms with Crippen LogP contribution in [-0.4, -0.2) is 43.6 Å². The zero-order valence-electron chi connectivity index (χ0n) is 18.0. The van der Waals surface area contributed by atoms with Crippen LogP contribution in [0.3, 0.4) is 0 Å². The van der Waals surface area contributed by atoms with Crippen LogP contribution in [0.5, 0.6) is 0 Å². The second-order valence-electron chi connectivity index (χ2n) is 7.74. The second-order valence-corrected chi connectivity index (χ2v) is 11.6. The van der Waals surface area contributed by atoms with E-state index in [1.54, 1.807) is 50.2 Å². The summed E-state index contributed by atoms with van der Waals surface area (Å²) in [4.78, 5) is 23.9. The maximum Gasteiger partial charge on any atom is 0.247 e. The first-order valence-electron chi connectivity index (χ1n) is 9.68. The SMILES string of the molecule is CC(C)(CNC(=O)/C(CCO)=C(\c1ccc(Cl)cc1)c1ccc(S(C)(=O)=O)cc1)SN=O. The number of rotatable bonds is 10. The number of halogens is 1. The van der Waals surface area contributed by atoms with E-state index in [9.17, 15) is 23.2 Å². The Hall–Kier alpha value is -2.20. The van der Waals surface area contributed by atoms with Crippen molar-refractivity contribution in [2.45, 2.75) is 29.9 Å². The van der Waals surface area contributed by atoms with Gasteiger partial charge in [-0.15, -0.1) is 4.91 Å². The molecule has 1 amide bonds. The van der Waals surface area contributed by atoms with E-state index in [0.29, 0.717) is 27.3 Å². The zero-order chi connectivity index (χ0) is 23.9. The number of amides is 1. The molecule has 2 rings (SSSR count). The molecule has 0 radical (unpaired) electrons. The summed E-state index contributed by atoms with van der Waals surface area (Å²) in [6, 6.07) is 13.1. The zero-order valence-corrected chi connectivity index (χ0v) is 20.4. The molecule has 2 N–H and O–H groups in total. The van der Waals surface area contributed by atoms with E-state index in [1.165, 1.54) is 12.1 Å². The van der Waals surface area contributed by atoms with Gasteiger partial charge >= 0.3 is 0 Å². The lowest BCUT2D eigenvalue weighted by Crippen LogP contribution is -2.37. The fourth-order valence-corrected chi connectivity index (χ4v) is 4.09. The third kappa shape index (κ3) is 7.16. The molecule has 0 aliphatic rings. The third-order valence-corrected chi connectivity index (χ3v) is 6.69. The van der Waals surface area contributed by atoms with Crippen molar-refractivity contribution in [2.75, 3.05) is 19.4 Å². The van der Waals surface area contributed by atoms with E-state index in [2.05, 4.69) is 9.90 Å². The lowest BCUT2D eigenvalue weighted by atomic mass is 9.91. The number of nitroso groups, excluding NO2 is 1. The molecule has 0 spiro atoms. The number of aliphatic hydroxyl groups is 1.